The summed E-state index contributed by atoms with van der Waals surface area (Å²) in [5, 5.41) is 0. The number of rotatable bonds is 3. The molecule has 0 saturated carbocycles. The Hall–Kier alpha value is -1.97. The van der Waals surface area contributed by atoms with Gasteiger partial charge in [-0.1, -0.05) is 0 Å². The van der Waals surface area contributed by atoms with E-state index in [1.807, 2.05) is 6.08 Å². The lowest BCUT2D eigenvalue weighted by molar-refractivity contribution is 0.0165. The fourth-order valence-electron chi connectivity index (χ4n) is 1.58. The fourth-order valence-corrected chi connectivity index (χ4v) is 1.58. The van der Waals surface area contributed by atoms with Crippen LogP contribution in [0.5, 0.6) is 0 Å². The van der Waals surface area contributed by atoms with E-state index in [0.717, 1.165) is 12.8 Å². The summed E-state index contributed by atoms with van der Waals surface area (Å²) < 4.78 is 10.5. The second-order valence-corrected chi connectivity index (χ2v) is 3.93. The molecule has 1 aromatic rings. The maximum atomic E-state index is 11.7. The largest absolute Gasteiger partial charge is 0.495 e. The molecule has 0 radical (unpaired) electrons. The molecule has 1 aliphatic heterocycles. The van der Waals surface area contributed by atoms with Gasteiger partial charge in [-0.05, 0) is 43.2 Å². The van der Waals surface area contributed by atoms with Crippen LogP contribution in [0.4, 0.5) is 5.69 Å². The van der Waals surface area contributed by atoms with Gasteiger partial charge >= 0.3 is 5.97 Å². The standard InChI is InChI=1S/C13H15NO3/c14-11-6-4-10(5-7-11)13(15)17-9-12-3-1-2-8-16-12/h2,4-8,12H,1,3,9,14H2. The van der Waals surface area contributed by atoms with Crippen LogP contribution in [-0.2, 0) is 9.47 Å². The first-order valence-corrected chi connectivity index (χ1v) is 5.59. The highest BCUT2D eigenvalue weighted by Gasteiger charge is 2.14. The van der Waals surface area contributed by atoms with Crippen molar-refractivity contribution in [1.82, 2.24) is 0 Å². The monoisotopic (exact) mass is 233 g/mol. The van der Waals surface area contributed by atoms with Crippen LogP contribution in [0.1, 0.15) is 23.2 Å². The number of carbonyl (C=O) groups excluding carboxylic acids is 1. The highest BCUT2D eigenvalue weighted by atomic mass is 16.6. The zero-order valence-electron chi connectivity index (χ0n) is 9.46. The summed E-state index contributed by atoms with van der Waals surface area (Å²) in [6.45, 7) is 0.285. The number of ether oxygens (including phenoxy) is 2. The molecule has 0 amide bonds. The maximum absolute atomic E-state index is 11.7. The van der Waals surface area contributed by atoms with Crippen molar-refractivity contribution in [3.8, 4) is 0 Å². The van der Waals surface area contributed by atoms with Crippen molar-refractivity contribution in [1.29, 1.82) is 0 Å². The van der Waals surface area contributed by atoms with Gasteiger partial charge in [-0.25, -0.2) is 4.79 Å². The number of allylic oxidation sites excluding steroid dienone is 1. The van der Waals surface area contributed by atoms with Crippen LogP contribution in [0.3, 0.4) is 0 Å². The van der Waals surface area contributed by atoms with Crippen molar-refractivity contribution < 1.29 is 14.3 Å². The van der Waals surface area contributed by atoms with Crippen LogP contribution < -0.4 is 5.73 Å². The summed E-state index contributed by atoms with van der Waals surface area (Å²) in [6, 6.07) is 6.66. The molecule has 0 aromatic heterocycles. The lowest BCUT2D eigenvalue weighted by atomic mass is 10.2. The Bertz CT molecular complexity index is 411. The Balaban J connectivity index is 1.84. The molecule has 1 unspecified atom stereocenters. The average molecular weight is 233 g/mol. The van der Waals surface area contributed by atoms with Crippen LogP contribution in [0, 0.1) is 0 Å². The van der Waals surface area contributed by atoms with Crippen molar-refractivity contribution in [2.24, 2.45) is 0 Å². The predicted octanol–water partition coefficient (Wildman–Crippen LogP) is 2.12. The minimum atomic E-state index is -0.344. The molecule has 2 N–H and O–H groups in total. The minimum Gasteiger partial charge on any atom is -0.495 e. The van der Waals surface area contributed by atoms with Gasteiger partial charge in [0.25, 0.3) is 0 Å². The van der Waals surface area contributed by atoms with Gasteiger partial charge in [-0.3, -0.25) is 0 Å². The summed E-state index contributed by atoms with van der Waals surface area (Å²) >= 11 is 0. The van der Waals surface area contributed by atoms with Crippen molar-refractivity contribution in [3.05, 3.63) is 42.2 Å². The molecule has 0 aliphatic carbocycles. The molecule has 0 fully saturated rings. The van der Waals surface area contributed by atoms with Crippen molar-refractivity contribution in [3.63, 3.8) is 0 Å². The fraction of sp³-hybridized carbons (Fsp3) is 0.308. The molecule has 0 bridgehead atoms. The number of hydrogen-bond acceptors (Lipinski definition) is 4. The first-order chi connectivity index (χ1) is 8.25. The molecule has 1 aromatic carbocycles. The predicted molar refractivity (Wildman–Crippen MR) is 64.4 cm³/mol. The first-order valence-electron chi connectivity index (χ1n) is 5.59. The molecule has 1 heterocycles. The molecule has 90 valence electrons. The van der Waals surface area contributed by atoms with E-state index >= 15 is 0 Å². The zero-order chi connectivity index (χ0) is 12.1. The number of hydrogen-bond donors (Lipinski definition) is 1. The summed E-state index contributed by atoms with van der Waals surface area (Å²) in [6.07, 6.45) is 5.43. The minimum absolute atomic E-state index is 0.0299. The molecule has 2 rings (SSSR count). The smallest absolute Gasteiger partial charge is 0.338 e. The van der Waals surface area contributed by atoms with E-state index in [1.54, 1.807) is 30.5 Å². The van der Waals surface area contributed by atoms with Crippen LogP contribution in [0.2, 0.25) is 0 Å². The summed E-state index contributed by atoms with van der Waals surface area (Å²) in [5.41, 5.74) is 6.67. The number of benzene rings is 1. The number of nitrogen functional groups attached to an aromatic ring is 1. The lowest BCUT2D eigenvalue weighted by Crippen LogP contribution is -2.22. The van der Waals surface area contributed by atoms with Crippen LogP contribution >= 0.6 is 0 Å². The molecular formula is C13H15NO3. The highest BCUT2D eigenvalue weighted by molar-refractivity contribution is 5.89. The molecule has 4 heteroatoms. The zero-order valence-corrected chi connectivity index (χ0v) is 9.46. The van der Waals surface area contributed by atoms with E-state index in [9.17, 15) is 4.79 Å². The van der Waals surface area contributed by atoms with Crippen LogP contribution in [-0.4, -0.2) is 18.7 Å². The summed E-state index contributed by atoms with van der Waals surface area (Å²) in [4.78, 5) is 11.7. The average Bonchev–Trinajstić information content (AvgIpc) is 2.38. The van der Waals surface area contributed by atoms with Gasteiger partial charge in [0, 0.05) is 5.69 Å². The Morgan fingerprint density at radius 3 is 2.82 bits per heavy atom. The molecule has 0 saturated heterocycles. The maximum Gasteiger partial charge on any atom is 0.338 e. The van der Waals surface area contributed by atoms with E-state index in [1.165, 1.54) is 0 Å². The SMILES string of the molecule is Nc1ccc(C(=O)OCC2CCC=CO2)cc1. The Kier molecular flexibility index (Phi) is 3.65. The first kappa shape index (κ1) is 11.5. The van der Waals surface area contributed by atoms with E-state index in [4.69, 9.17) is 15.2 Å². The van der Waals surface area contributed by atoms with E-state index in [0.29, 0.717) is 11.3 Å². The highest BCUT2D eigenvalue weighted by Crippen LogP contribution is 2.12. The van der Waals surface area contributed by atoms with E-state index in [2.05, 4.69) is 0 Å². The molecule has 4 nitrogen and oxygen atoms in total. The Labute approximate surface area is 100 Å². The third kappa shape index (κ3) is 3.24. The number of esters is 1. The molecule has 0 spiro atoms. The molecule has 1 aliphatic rings. The van der Waals surface area contributed by atoms with Gasteiger partial charge in [0.15, 0.2) is 0 Å². The topological polar surface area (TPSA) is 61.6 Å². The molecule has 17 heavy (non-hydrogen) atoms. The third-order valence-electron chi connectivity index (χ3n) is 2.57. The third-order valence-corrected chi connectivity index (χ3v) is 2.57. The molecule has 1 atom stereocenters. The Morgan fingerprint density at radius 1 is 1.41 bits per heavy atom. The quantitative estimate of drug-likeness (QED) is 0.641. The van der Waals surface area contributed by atoms with Crippen molar-refractivity contribution in [2.75, 3.05) is 12.3 Å². The van der Waals surface area contributed by atoms with Gasteiger partial charge < -0.3 is 15.2 Å². The number of anilines is 1. The van der Waals surface area contributed by atoms with Gasteiger partial charge in [0.1, 0.15) is 12.7 Å². The Morgan fingerprint density at radius 2 is 2.18 bits per heavy atom. The van der Waals surface area contributed by atoms with Crippen molar-refractivity contribution in [2.45, 2.75) is 18.9 Å². The summed E-state index contributed by atoms with van der Waals surface area (Å²) in [7, 11) is 0. The van der Waals surface area contributed by atoms with Crippen LogP contribution in [0.15, 0.2) is 36.6 Å². The van der Waals surface area contributed by atoms with Gasteiger partial charge in [-0.15, -0.1) is 0 Å². The number of carbonyl (C=O) groups is 1. The second kappa shape index (κ2) is 5.39. The number of nitrogens with two attached hydrogens (primary N) is 1. The van der Waals surface area contributed by atoms with E-state index < -0.39 is 0 Å². The van der Waals surface area contributed by atoms with Gasteiger partial charge in [0.2, 0.25) is 0 Å². The normalized spacial score (nSPS) is 18.5. The lowest BCUT2D eigenvalue weighted by Gasteiger charge is -2.18. The van der Waals surface area contributed by atoms with Gasteiger partial charge in [-0.2, -0.15) is 0 Å². The van der Waals surface area contributed by atoms with Gasteiger partial charge in [0.05, 0.1) is 11.8 Å². The van der Waals surface area contributed by atoms with Crippen LogP contribution in [0.25, 0.3) is 0 Å². The van der Waals surface area contributed by atoms with E-state index in [-0.39, 0.29) is 18.7 Å². The second-order valence-electron chi connectivity index (χ2n) is 3.93. The van der Waals surface area contributed by atoms with Crippen molar-refractivity contribution >= 4 is 11.7 Å². The molecular weight excluding hydrogens is 218 g/mol. The summed E-state index contributed by atoms with van der Waals surface area (Å²) in [5.74, 6) is -0.344.